The minimum Gasteiger partial charge on any atom is -0.339 e. The summed E-state index contributed by atoms with van der Waals surface area (Å²) in [6, 6.07) is 12.9. The van der Waals surface area contributed by atoms with Crippen LogP contribution >= 0.6 is 11.3 Å². The molecule has 6 nitrogen and oxygen atoms in total. The Kier molecular flexibility index (Phi) is 5.39. The van der Waals surface area contributed by atoms with E-state index in [1.165, 1.54) is 17.4 Å². The molecule has 4 rings (SSSR count). The van der Waals surface area contributed by atoms with Crippen LogP contribution in [-0.2, 0) is 11.2 Å². The molecule has 0 radical (unpaired) electrons. The van der Waals surface area contributed by atoms with Gasteiger partial charge in [-0.05, 0) is 18.2 Å². The van der Waals surface area contributed by atoms with E-state index >= 15 is 0 Å². The molecular formula is C20H14F2N4O2S. The molecule has 1 N–H and O–H groups in total. The Balaban J connectivity index is 1.34. The van der Waals surface area contributed by atoms with E-state index in [0.29, 0.717) is 28.1 Å². The van der Waals surface area contributed by atoms with Crippen molar-refractivity contribution in [1.82, 2.24) is 15.1 Å². The quantitative estimate of drug-likeness (QED) is 0.496. The number of halogens is 2. The Morgan fingerprint density at radius 1 is 1.03 bits per heavy atom. The monoisotopic (exact) mass is 412 g/mol. The van der Waals surface area contributed by atoms with Crippen molar-refractivity contribution in [2.24, 2.45) is 0 Å². The van der Waals surface area contributed by atoms with Crippen molar-refractivity contribution in [3.63, 3.8) is 0 Å². The number of carbonyl (C=O) groups is 1. The van der Waals surface area contributed by atoms with Crippen LogP contribution in [0.25, 0.3) is 22.6 Å². The summed E-state index contributed by atoms with van der Waals surface area (Å²) >= 11 is 1.20. The maximum absolute atomic E-state index is 13.4. The fourth-order valence-electron chi connectivity index (χ4n) is 2.58. The molecule has 4 aromatic rings. The van der Waals surface area contributed by atoms with E-state index in [2.05, 4.69) is 20.4 Å². The Morgan fingerprint density at radius 2 is 1.86 bits per heavy atom. The molecule has 146 valence electrons. The summed E-state index contributed by atoms with van der Waals surface area (Å²) in [4.78, 5) is 20.7. The number of anilines is 1. The van der Waals surface area contributed by atoms with Gasteiger partial charge in [0.05, 0.1) is 5.69 Å². The molecule has 2 aromatic carbocycles. The van der Waals surface area contributed by atoms with Crippen molar-refractivity contribution < 1.29 is 18.1 Å². The zero-order valence-electron chi connectivity index (χ0n) is 14.9. The lowest BCUT2D eigenvalue weighted by atomic mass is 10.2. The lowest BCUT2D eigenvalue weighted by Crippen LogP contribution is -2.12. The van der Waals surface area contributed by atoms with Crippen molar-refractivity contribution in [3.8, 4) is 22.6 Å². The number of nitrogens with zero attached hydrogens (tertiary/aromatic N) is 3. The van der Waals surface area contributed by atoms with E-state index in [0.717, 1.165) is 17.7 Å². The molecule has 9 heteroatoms. The van der Waals surface area contributed by atoms with Gasteiger partial charge in [0.2, 0.25) is 17.6 Å². The van der Waals surface area contributed by atoms with E-state index in [4.69, 9.17) is 4.52 Å². The van der Waals surface area contributed by atoms with Crippen molar-refractivity contribution in [3.05, 3.63) is 71.4 Å². The third-order valence-electron chi connectivity index (χ3n) is 4.03. The van der Waals surface area contributed by atoms with Gasteiger partial charge in [-0.3, -0.25) is 4.79 Å². The van der Waals surface area contributed by atoms with Gasteiger partial charge in [-0.2, -0.15) is 4.98 Å². The van der Waals surface area contributed by atoms with Gasteiger partial charge < -0.3 is 9.84 Å². The van der Waals surface area contributed by atoms with Gasteiger partial charge in [-0.15, -0.1) is 11.3 Å². The Bertz CT molecular complexity index is 1140. The molecule has 0 aliphatic rings. The first-order valence-electron chi connectivity index (χ1n) is 8.67. The molecule has 0 saturated carbocycles. The van der Waals surface area contributed by atoms with Crippen LogP contribution in [0, 0.1) is 11.6 Å². The largest absolute Gasteiger partial charge is 0.339 e. The first kappa shape index (κ1) is 18.9. The van der Waals surface area contributed by atoms with Gasteiger partial charge in [0.1, 0.15) is 0 Å². The van der Waals surface area contributed by atoms with Gasteiger partial charge in [0.15, 0.2) is 16.8 Å². The number of amides is 1. The molecule has 0 unspecified atom stereocenters. The third-order valence-corrected chi connectivity index (χ3v) is 4.79. The van der Waals surface area contributed by atoms with E-state index in [-0.39, 0.29) is 18.7 Å². The maximum Gasteiger partial charge on any atom is 0.227 e. The van der Waals surface area contributed by atoms with Gasteiger partial charge in [-0.25, -0.2) is 13.8 Å². The predicted molar refractivity (Wildman–Crippen MR) is 104 cm³/mol. The van der Waals surface area contributed by atoms with E-state index < -0.39 is 11.6 Å². The smallest absolute Gasteiger partial charge is 0.227 e. The second kappa shape index (κ2) is 8.27. The highest BCUT2D eigenvalue weighted by Crippen LogP contribution is 2.26. The van der Waals surface area contributed by atoms with Crippen LogP contribution in [0.15, 0.2) is 58.4 Å². The standard InChI is InChI=1S/C20H14F2N4O2S/c21-14-7-6-13(10-15(14)22)16-11-29-20(23-16)24-17(27)8-9-18-25-19(26-28-18)12-4-2-1-3-5-12/h1-7,10-11H,8-9H2,(H,23,24,27). The zero-order valence-corrected chi connectivity index (χ0v) is 15.7. The number of aryl methyl sites for hydroxylation is 1. The highest BCUT2D eigenvalue weighted by molar-refractivity contribution is 7.14. The summed E-state index contributed by atoms with van der Waals surface area (Å²) in [5, 5.41) is 8.62. The molecule has 2 heterocycles. The molecule has 0 aliphatic heterocycles. The lowest BCUT2D eigenvalue weighted by Gasteiger charge is -2.00. The molecule has 2 aromatic heterocycles. The molecule has 0 aliphatic carbocycles. The number of benzene rings is 2. The third kappa shape index (κ3) is 4.52. The average molecular weight is 412 g/mol. The highest BCUT2D eigenvalue weighted by atomic mass is 32.1. The van der Waals surface area contributed by atoms with Crippen LogP contribution in [0.1, 0.15) is 12.3 Å². The Morgan fingerprint density at radius 3 is 2.66 bits per heavy atom. The van der Waals surface area contributed by atoms with Crippen LogP contribution in [0.5, 0.6) is 0 Å². The van der Waals surface area contributed by atoms with E-state index in [9.17, 15) is 13.6 Å². The summed E-state index contributed by atoms with van der Waals surface area (Å²) in [7, 11) is 0. The number of thiazole rings is 1. The molecular weight excluding hydrogens is 398 g/mol. The fraction of sp³-hybridized carbons (Fsp3) is 0.100. The number of nitrogens with one attached hydrogen (secondary N) is 1. The Hall–Kier alpha value is -3.46. The van der Waals surface area contributed by atoms with Crippen LogP contribution in [-0.4, -0.2) is 21.0 Å². The SMILES string of the molecule is O=C(CCc1nc(-c2ccccc2)no1)Nc1nc(-c2ccc(F)c(F)c2)cs1. The zero-order chi connectivity index (χ0) is 20.2. The summed E-state index contributed by atoms with van der Waals surface area (Å²) in [5.74, 6) is -1.31. The molecule has 0 atom stereocenters. The number of hydrogen-bond acceptors (Lipinski definition) is 6. The van der Waals surface area contributed by atoms with Crippen LogP contribution in [0.3, 0.4) is 0 Å². The molecule has 0 bridgehead atoms. The molecule has 29 heavy (non-hydrogen) atoms. The van der Waals surface area contributed by atoms with Crippen molar-refractivity contribution in [1.29, 1.82) is 0 Å². The molecule has 1 amide bonds. The Labute approximate surface area is 168 Å². The van der Waals surface area contributed by atoms with Gasteiger partial charge in [0, 0.05) is 29.3 Å². The summed E-state index contributed by atoms with van der Waals surface area (Å²) < 4.78 is 31.6. The lowest BCUT2D eigenvalue weighted by molar-refractivity contribution is -0.116. The summed E-state index contributed by atoms with van der Waals surface area (Å²) in [6.45, 7) is 0. The molecule has 0 spiro atoms. The topological polar surface area (TPSA) is 80.9 Å². The maximum atomic E-state index is 13.4. The average Bonchev–Trinajstić information content (AvgIpc) is 3.39. The van der Waals surface area contributed by atoms with Crippen LogP contribution < -0.4 is 5.32 Å². The number of hydrogen-bond donors (Lipinski definition) is 1. The number of rotatable bonds is 6. The van der Waals surface area contributed by atoms with Crippen molar-refractivity contribution >= 4 is 22.4 Å². The van der Waals surface area contributed by atoms with Crippen molar-refractivity contribution in [2.75, 3.05) is 5.32 Å². The minimum absolute atomic E-state index is 0.135. The van der Waals surface area contributed by atoms with Crippen LogP contribution in [0.4, 0.5) is 13.9 Å². The normalized spacial score (nSPS) is 10.8. The van der Waals surface area contributed by atoms with E-state index in [1.807, 2.05) is 30.3 Å². The number of carbonyl (C=O) groups excluding carboxylic acids is 1. The predicted octanol–water partition coefficient (Wildman–Crippen LogP) is 4.71. The molecule has 0 saturated heterocycles. The van der Waals surface area contributed by atoms with E-state index in [1.54, 1.807) is 5.38 Å². The van der Waals surface area contributed by atoms with Gasteiger partial charge in [0.25, 0.3) is 0 Å². The van der Waals surface area contributed by atoms with Gasteiger partial charge in [-0.1, -0.05) is 35.5 Å². The summed E-state index contributed by atoms with van der Waals surface area (Å²) in [6.07, 6.45) is 0.420. The first-order chi connectivity index (χ1) is 14.1. The van der Waals surface area contributed by atoms with Crippen LogP contribution in [0.2, 0.25) is 0 Å². The minimum atomic E-state index is -0.949. The first-order valence-corrected chi connectivity index (χ1v) is 9.55. The second-order valence-corrected chi connectivity index (χ2v) is 6.95. The molecule has 0 fully saturated rings. The van der Waals surface area contributed by atoms with Crippen molar-refractivity contribution in [2.45, 2.75) is 12.8 Å². The second-order valence-electron chi connectivity index (χ2n) is 6.09. The summed E-state index contributed by atoms with van der Waals surface area (Å²) in [5.41, 5.74) is 1.72. The van der Waals surface area contributed by atoms with Gasteiger partial charge >= 0.3 is 0 Å². The fourth-order valence-corrected chi connectivity index (χ4v) is 3.32. The highest BCUT2D eigenvalue weighted by Gasteiger charge is 2.13. The number of aromatic nitrogens is 3.